The fourth-order valence-electron chi connectivity index (χ4n) is 3.92. The molecule has 5 heteroatoms. The Balaban J connectivity index is 1.83. The van der Waals surface area contributed by atoms with Gasteiger partial charge in [0.1, 0.15) is 0 Å². The van der Waals surface area contributed by atoms with E-state index in [-0.39, 0.29) is 5.04 Å². The Morgan fingerprint density at radius 3 is 1.93 bits per heavy atom. The van der Waals surface area contributed by atoms with E-state index in [1.807, 2.05) is 28.8 Å². The largest absolute Gasteiger partial charge is 0.400 e. The lowest BCUT2D eigenvalue weighted by Gasteiger charge is -2.42. The minimum atomic E-state index is -2.57. The highest BCUT2D eigenvalue weighted by Gasteiger charge is 2.50. The van der Waals surface area contributed by atoms with Gasteiger partial charge in [-0.15, -0.1) is 10.2 Å². The lowest BCUT2D eigenvalue weighted by molar-refractivity contribution is 0.275. The molecule has 0 amide bonds. The number of aromatic nitrogens is 3. The topological polar surface area (TPSA) is 39.4 Å². The summed E-state index contributed by atoms with van der Waals surface area (Å²) in [5, 5.41) is 11.1. The van der Waals surface area contributed by atoms with Crippen LogP contribution in [0.2, 0.25) is 5.04 Å². The first kappa shape index (κ1) is 18.6. The summed E-state index contributed by atoms with van der Waals surface area (Å²) in [4.78, 5) is 0. The van der Waals surface area contributed by atoms with Crippen LogP contribution in [0, 0.1) is 0 Å². The van der Waals surface area contributed by atoms with Gasteiger partial charge in [0.25, 0.3) is 8.32 Å². The zero-order valence-corrected chi connectivity index (χ0v) is 17.5. The van der Waals surface area contributed by atoms with E-state index in [1.165, 1.54) is 10.4 Å². The molecule has 0 aliphatic heterocycles. The Morgan fingerprint density at radius 1 is 0.786 bits per heavy atom. The lowest BCUT2D eigenvalue weighted by atomic mass is 10.2. The van der Waals surface area contributed by atoms with Crippen LogP contribution >= 0.6 is 0 Å². The Kier molecular flexibility index (Phi) is 4.87. The number of rotatable bonds is 5. The third kappa shape index (κ3) is 3.17. The molecule has 0 atom stereocenters. The molecule has 142 valence electrons. The molecule has 0 saturated carbocycles. The number of hydrogen-bond acceptors (Lipinski definition) is 3. The molecule has 4 rings (SSSR count). The van der Waals surface area contributed by atoms with E-state index in [1.54, 1.807) is 0 Å². The Labute approximate surface area is 167 Å². The summed E-state index contributed by atoms with van der Waals surface area (Å²) in [6.45, 7) is 7.25. The van der Waals surface area contributed by atoms with Gasteiger partial charge in [0.05, 0.1) is 6.61 Å². The second kappa shape index (κ2) is 7.34. The zero-order chi connectivity index (χ0) is 19.6. The van der Waals surface area contributed by atoms with Crippen molar-refractivity contribution in [2.75, 3.05) is 0 Å². The van der Waals surface area contributed by atoms with Gasteiger partial charge in [-0.05, 0) is 27.5 Å². The number of pyridine rings is 1. The molecule has 2 heterocycles. The second-order valence-electron chi connectivity index (χ2n) is 8.00. The van der Waals surface area contributed by atoms with E-state index in [2.05, 4.69) is 91.6 Å². The van der Waals surface area contributed by atoms with Crippen molar-refractivity contribution in [2.45, 2.75) is 32.4 Å². The van der Waals surface area contributed by atoms with Crippen LogP contribution in [0.1, 0.15) is 26.6 Å². The molecule has 0 aliphatic rings. The molecule has 2 aromatic heterocycles. The van der Waals surface area contributed by atoms with E-state index < -0.39 is 8.32 Å². The summed E-state index contributed by atoms with van der Waals surface area (Å²) < 4.78 is 8.93. The van der Waals surface area contributed by atoms with Crippen LogP contribution in [0.15, 0.2) is 85.1 Å². The van der Waals surface area contributed by atoms with Crippen LogP contribution in [-0.4, -0.2) is 22.9 Å². The minimum absolute atomic E-state index is 0.0593. The molecule has 0 N–H and O–H groups in total. The molecule has 0 radical (unpaired) electrons. The molecule has 0 fully saturated rings. The quantitative estimate of drug-likeness (QED) is 0.489. The predicted octanol–water partition coefficient (Wildman–Crippen LogP) is 3.81. The Bertz CT molecular complexity index is 1020. The van der Waals surface area contributed by atoms with Crippen LogP contribution in [0.3, 0.4) is 0 Å². The van der Waals surface area contributed by atoms with Crippen molar-refractivity contribution in [1.29, 1.82) is 0 Å². The van der Waals surface area contributed by atoms with Gasteiger partial charge in [-0.2, -0.15) is 0 Å². The maximum absolute atomic E-state index is 6.93. The maximum atomic E-state index is 6.93. The van der Waals surface area contributed by atoms with Gasteiger partial charge in [0.2, 0.25) is 0 Å². The van der Waals surface area contributed by atoms with Crippen molar-refractivity contribution < 1.29 is 4.43 Å². The highest BCUT2D eigenvalue weighted by atomic mass is 28.4. The van der Waals surface area contributed by atoms with Crippen molar-refractivity contribution in [1.82, 2.24) is 14.6 Å². The lowest BCUT2D eigenvalue weighted by Crippen LogP contribution is -2.66. The molecule has 2 aromatic carbocycles. The van der Waals surface area contributed by atoms with Crippen LogP contribution < -0.4 is 10.4 Å². The number of fused-ring (bicyclic) bond motifs is 1. The fraction of sp³-hybridized carbons (Fsp3) is 0.217. The highest BCUT2D eigenvalue weighted by Crippen LogP contribution is 2.37. The average Bonchev–Trinajstić information content (AvgIpc) is 3.12. The normalized spacial score (nSPS) is 12.4. The van der Waals surface area contributed by atoms with Crippen molar-refractivity contribution in [3.63, 3.8) is 0 Å². The molecule has 4 aromatic rings. The van der Waals surface area contributed by atoms with Crippen LogP contribution in [0.5, 0.6) is 0 Å². The third-order valence-corrected chi connectivity index (χ3v) is 10.2. The van der Waals surface area contributed by atoms with Crippen molar-refractivity contribution in [3.05, 3.63) is 90.9 Å². The summed E-state index contributed by atoms with van der Waals surface area (Å²) in [7, 11) is -2.57. The summed E-state index contributed by atoms with van der Waals surface area (Å²) in [5.41, 5.74) is 0.837. The zero-order valence-electron chi connectivity index (χ0n) is 16.5. The average molecular weight is 388 g/mol. The molecule has 4 nitrogen and oxygen atoms in total. The van der Waals surface area contributed by atoms with E-state index in [0.29, 0.717) is 6.61 Å². The predicted molar refractivity (Wildman–Crippen MR) is 115 cm³/mol. The van der Waals surface area contributed by atoms with Gasteiger partial charge in [-0.25, -0.2) is 0 Å². The summed E-state index contributed by atoms with van der Waals surface area (Å²) in [6.07, 6.45) is 1.99. The van der Waals surface area contributed by atoms with E-state index in [9.17, 15) is 0 Å². The highest BCUT2D eigenvalue weighted by molar-refractivity contribution is 6.99. The first-order chi connectivity index (χ1) is 13.5. The Hall–Kier alpha value is -2.76. The van der Waals surface area contributed by atoms with E-state index >= 15 is 0 Å². The Morgan fingerprint density at radius 2 is 1.36 bits per heavy atom. The molecule has 0 aliphatic carbocycles. The van der Waals surface area contributed by atoms with Gasteiger partial charge in [-0.3, -0.25) is 4.40 Å². The maximum Gasteiger partial charge on any atom is 0.261 e. The molecular weight excluding hydrogens is 362 g/mol. The third-order valence-electron chi connectivity index (χ3n) is 5.22. The van der Waals surface area contributed by atoms with E-state index in [0.717, 1.165) is 11.5 Å². The second-order valence-corrected chi connectivity index (χ2v) is 12.3. The molecule has 0 unspecified atom stereocenters. The van der Waals surface area contributed by atoms with Gasteiger partial charge in [-0.1, -0.05) is 87.5 Å². The first-order valence-electron chi connectivity index (χ1n) is 9.56. The smallest absolute Gasteiger partial charge is 0.261 e. The number of nitrogens with zero attached hydrogens (tertiary/aromatic N) is 3. The van der Waals surface area contributed by atoms with Crippen LogP contribution in [-0.2, 0) is 11.0 Å². The SMILES string of the molecule is CC(C)(C)[Si](OCc1nnc2ccccn12)(c1ccccc1)c1ccccc1. The first-order valence-corrected chi connectivity index (χ1v) is 11.5. The molecular formula is C23H25N3OSi. The van der Waals surface area contributed by atoms with Gasteiger partial charge in [0, 0.05) is 6.20 Å². The monoisotopic (exact) mass is 387 g/mol. The van der Waals surface area contributed by atoms with Gasteiger partial charge >= 0.3 is 0 Å². The summed E-state index contributed by atoms with van der Waals surface area (Å²) in [6, 6.07) is 27.2. The fourth-order valence-corrected chi connectivity index (χ4v) is 8.42. The van der Waals surface area contributed by atoms with Gasteiger partial charge in [0.15, 0.2) is 11.5 Å². The molecule has 0 bridgehead atoms. The summed E-state index contributed by atoms with van der Waals surface area (Å²) in [5.74, 6) is 0.823. The molecule has 0 spiro atoms. The number of benzene rings is 2. The number of hydrogen-bond donors (Lipinski definition) is 0. The molecule has 28 heavy (non-hydrogen) atoms. The van der Waals surface area contributed by atoms with Crippen LogP contribution in [0.25, 0.3) is 5.65 Å². The standard InChI is InChI=1S/C23H25N3OSi/c1-23(2,3)28(19-12-6-4-7-13-19,20-14-8-5-9-15-20)27-18-22-25-24-21-16-10-11-17-26(21)22/h4-17H,18H2,1-3H3. The summed E-state index contributed by atoms with van der Waals surface area (Å²) >= 11 is 0. The molecule has 0 saturated heterocycles. The van der Waals surface area contributed by atoms with Gasteiger partial charge < -0.3 is 4.43 Å². The van der Waals surface area contributed by atoms with E-state index in [4.69, 9.17) is 4.43 Å². The van der Waals surface area contributed by atoms with Crippen LogP contribution in [0.4, 0.5) is 0 Å². The van der Waals surface area contributed by atoms with Crippen molar-refractivity contribution in [2.24, 2.45) is 0 Å². The minimum Gasteiger partial charge on any atom is -0.400 e. The van der Waals surface area contributed by atoms with Crippen molar-refractivity contribution in [3.8, 4) is 0 Å². The van der Waals surface area contributed by atoms with Crippen molar-refractivity contribution >= 4 is 24.3 Å².